The summed E-state index contributed by atoms with van der Waals surface area (Å²) in [5, 5.41) is 13.2. The summed E-state index contributed by atoms with van der Waals surface area (Å²) in [6.07, 6.45) is 0. The summed E-state index contributed by atoms with van der Waals surface area (Å²) in [4.78, 5) is 0. The lowest BCUT2D eigenvalue weighted by Crippen LogP contribution is -1.89. The van der Waals surface area contributed by atoms with E-state index in [0.29, 0.717) is 0 Å². The first-order chi connectivity index (χ1) is 7.93. The van der Waals surface area contributed by atoms with Crippen LogP contribution in [0.5, 0.6) is 0 Å². The van der Waals surface area contributed by atoms with E-state index in [9.17, 15) is 0 Å². The minimum Gasteiger partial charge on any atom is -0.150 e. The molecule has 1 aromatic heterocycles. The van der Waals surface area contributed by atoms with Crippen LogP contribution in [0.3, 0.4) is 0 Å². The summed E-state index contributed by atoms with van der Waals surface area (Å²) in [6, 6.07) is 17.4. The summed E-state index contributed by atoms with van der Waals surface area (Å²) in [5.74, 6) is 0. The van der Waals surface area contributed by atoms with Gasteiger partial charge in [-0.15, -0.1) is 10.2 Å². The van der Waals surface area contributed by atoms with Gasteiger partial charge in [-0.3, -0.25) is 0 Å². The summed E-state index contributed by atoms with van der Waals surface area (Å²) < 4.78 is 0. The molecule has 1 radical (unpaired) electrons. The van der Waals surface area contributed by atoms with E-state index in [2.05, 4.69) is 34.5 Å². The predicted octanol–water partition coefficient (Wildman–Crippen LogP) is 3.17. The van der Waals surface area contributed by atoms with Crippen LogP contribution in [-0.4, -0.2) is 10.2 Å². The van der Waals surface area contributed by atoms with Gasteiger partial charge in [0.05, 0.1) is 11.0 Å². The van der Waals surface area contributed by atoms with E-state index >= 15 is 0 Å². The number of hydrogen-bond acceptors (Lipinski definition) is 2. The molecule has 0 saturated heterocycles. The van der Waals surface area contributed by atoms with Gasteiger partial charge in [-0.25, -0.2) is 0 Å². The van der Waals surface area contributed by atoms with Crippen LogP contribution in [0.25, 0.3) is 32.6 Å². The van der Waals surface area contributed by atoms with Gasteiger partial charge in [-0.2, -0.15) is 0 Å². The molecule has 1 heterocycles. The highest BCUT2D eigenvalue weighted by Gasteiger charge is 2.08. The Bertz CT molecular complexity index is 675. The second-order valence-electron chi connectivity index (χ2n) is 3.93. The largest absolute Gasteiger partial charge is 0.150 e. The Morgan fingerprint density at radius 2 is 1.69 bits per heavy atom. The number of nitrogens with zero attached hydrogens (tertiary/aromatic N) is 2. The van der Waals surface area contributed by atoms with Gasteiger partial charge in [-0.05, 0) is 29.0 Å². The van der Waals surface area contributed by atoms with E-state index in [1.807, 2.05) is 24.3 Å². The Hall–Kier alpha value is -2.22. The lowest BCUT2D eigenvalue weighted by atomic mass is 10.00. The van der Waals surface area contributed by atoms with Crippen LogP contribution in [-0.2, 0) is 0 Å². The van der Waals surface area contributed by atoms with Crippen molar-refractivity contribution in [2.45, 2.75) is 0 Å². The van der Waals surface area contributed by atoms with E-state index in [4.69, 9.17) is 0 Å². The van der Waals surface area contributed by atoms with Gasteiger partial charge in [0.2, 0.25) is 0 Å². The zero-order valence-electron chi connectivity index (χ0n) is 8.44. The fraction of sp³-hybridized carbons (Fsp3) is 0. The van der Waals surface area contributed by atoms with Crippen LogP contribution < -0.4 is 0 Å². The highest BCUT2D eigenvalue weighted by molar-refractivity contribution is 6.20. The smallest absolute Gasteiger partial charge is 0.0942 e. The average Bonchev–Trinajstić information content (AvgIpc) is 2.36. The highest BCUT2D eigenvalue weighted by Crippen LogP contribution is 2.31. The molecule has 0 spiro atoms. The first kappa shape index (κ1) is 7.99. The monoisotopic (exact) mass is 203 g/mol. The van der Waals surface area contributed by atoms with Gasteiger partial charge in [0.25, 0.3) is 0 Å². The molecule has 2 heteroatoms. The molecule has 0 aliphatic rings. The summed E-state index contributed by atoms with van der Waals surface area (Å²) in [7, 11) is 0. The molecule has 0 aliphatic heterocycles. The first-order valence-electron chi connectivity index (χ1n) is 5.21. The Morgan fingerprint density at radius 1 is 0.812 bits per heavy atom. The minimum atomic E-state index is 0.943. The van der Waals surface area contributed by atoms with Gasteiger partial charge < -0.3 is 0 Å². The number of aromatic nitrogens is 2. The minimum absolute atomic E-state index is 0.943. The van der Waals surface area contributed by atoms with Crippen LogP contribution in [0.1, 0.15) is 0 Å². The van der Waals surface area contributed by atoms with E-state index in [1.54, 1.807) is 0 Å². The quantitative estimate of drug-likeness (QED) is 0.410. The van der Waals surface area contributed by atoms with E-state index in [1.165, 1.54) is 16.2 Å². The topological polar surface area (TPSA) is 25.8 Å². The second kappa shape index (κ2) is 2.67. The van der Waals surface area contributed by atoms with Gasteiger partial charge in [0, 0.05) is 10.8 Å². The summed E-state index contributed by atoms with van der Waals surface area (Å²) in [6.45, 7) is 0. The maximum Gasteiger partial charge on any atom is 0.0942 e. The summed E-state index contributed by atoms with van der Waals surface area (Å²) in [5.41, 5.74) is 1.90. The number of hydrogen-bond donors (Lipinski definition) is 0. The average molecular weight is 203 g/mol. The van der Waals surface area contributed by atoms with Gasteiger partial charge in [-0.1, -0.05) is 30.3 Å². The molecule has 0 atom stereocenters. The van der Waals surface area contributed by atoms with Crippen molar-refractivity contribution in [2.75, 3.05) is 0 Å². The van der Waals surface area contributed by atoms with Crippen molar-refractivity contribution in [3.8, 4) is 0 Å². The van der Waals surface area contributed by atoms with Crippen LogP contribution in [0.2, 0.25) is 0 Å². The van der Waals surface area contributed by atoms with Crippen molar-refractivity contribution in [1.82, 2.24) is 10.2 Å². The van der Waals surface area contributed by atoms with Crippen molar-refractivity contribution >= 4 is 32.6 Å². The molecule has 4 rings (SSSR count). The molecule has 0 fully saturated rings. The van der Waals surface area contributed by atoms with E-state index in [0.717, 1.165) is 16.4 Å². The molecule has 16 heavy (non-hydrogen) atoms. The van der Waals surface area contributed by atoms with E-state index in [-0.39, 0.29) is 0 Å². The molecule has 0 unspecified atom stereocenters. The van der Waals surface area contributed by atoms with Crippen molar-refractivity contribution in [1.29, 1.82) is 0 Å². The zero-order chi connectivity index (χ0) is 10.5. The third kappa shape index (κ3) is 0.865. The van der Waals surface area contributed by atoms with Crippen LogP contribution in [0, 0.1) is 6.07 Å². The van der Waals surface area contributed by atoms with Gasteiger partial charge in [0.1, 0.15) is 0 Å². The lowest BCUT2D eigenvalue weighted by molar-refractivity contribution is 1.12. The van der Waals surface area contributed by atoms with Crippen LogP contribution in [0.15, 0.2) is 42.5 Å². The molecule has 0 N–H and O–H groups in total. The summed E-state index contributed by atoms with van der Waals surface area (Å²) >= 11 is 0. The Morgan fingerprint density at radius 3 is 2.62 bits per heavy atom. The third-order valence-corrected chi connectivity index (χ3v) is 3.03. The molecule has 2 nitrogen and oxygen atoms in total. The standard InChI is InChI=1S/C14H7N2/c1-3-9-7-8-10-4-2-6-12-14(10)13(9)11(5-1)15-16-12/h1-3,5-8H. The van der Waals surface area contributed by atoms with Gasteiger partial charge >= 0.3 is 0 Å². The molecule has 0 amide bonds. The first-order valence-corrected chi connectivity index (χ1v) is 5.21. The Balaban J connectivity index is 2.51. The van der Waals surface area contributed by atoms with Crippen molar-refractivity contribution in [2.24, 2.45) is 0 Å². The lowest BCUT2D eigenvalue weighted by Gasteiger charge is -2.07. The zero-order valence-corrected chi connectivity index (χ0v) is 8.44. The van der Waals surface area contributed by atoms with Crippen LogP contribution in [0.4, 0.5) is 0 Å². The fourth-order valence-electron chi connectivity index (χ4n) is 2.31. The Kier molecular flexibility index (Phi) is 1.33. The molecule has 4 aromatic rings. The van der Waals surface area contributed by atoms with Crippen molar-refractivity contribution < 1.29 is 0 Å². The third-order valence-electron chi connectivity index (χ3n) is 3.03. The molecular formula is C14H7N2. The SMILES string of the molecule is [c]1ccc2nnc3cccc4ccc1c2c43. The number of benzene rings is 3. The van der Waals surface area contributed by atoms with E-state index < -0.39 is 0 Å². The molecule has 0 saturated carbocycles. The molecular weight excluding hydrogens is 196 g/mol. The van der Waals surface area contributed by atoms with Crippen molar-refractivity contribution in [3.63, 3.8) is 0 Å². The fourth-order valence-corrected chi connectivity index (χ4v) is 2.31. The predicted molar refractivity (Wildman–Crippen MR) is 64.6 cm³/mol. The number of rotatable bonds is 0. The molecule has 0 aliphatic carbocycles. The highest BCUT2D eigenvalue weighted by atomic mass is 15.1. The second-order valence-corrected chi connectivity index (χ2v) is 3.93. The molecule has 0 bridgehead atoms. The molecule has 3 aromatic carbocycles. The molecule has 73 valence electrons. The van der Waals surface area contributed by atoms with Crippen LogP contribution >= 0.6 is 0 Å². The Labute approximate surface area is 91.9 Å². The maximum absolute atomic E-state index is 4.25. The van der Waals surface area contributed by atoms with Gasteiger partial charge in [0.15, 0.2) is 0 Å². The normalized spacial score (nSPS) is 11.8. The van der Waals surface area contributed by atoms with Crippen molar-refractivity contribution in [3.05, 3.63) is 48.5 Å². The maximum atomic E-state index is 4.25.